The van der Waals surface area contributed by atoms with Crippen LogP contribution in [0, 0.1) is 0 Å². The first kappa shape index (κ1) is 15.0. The standard InChI is InChI=1S/C10H9F4NO4/c1-17-7-3-6(9(16)18-2)15-8(5(7)4-11)19-10(12,13)14/h3H,4H2,1-2H3. The molecule has 0 radical (unpaired) electrons. The van der Waals surface area contributed by atoms with Gasteiger partial charge in [-0.05, 0) is 0 Å². The molecule has 5 nitrogen and oxygen atoms in total. The fraction of sp³-hybridized carbons (Fsp3) is 0.400. The van der Waals surface area contributed by atoms with Gasteiger partial charge in [-0.1, -0.05) is 0 Å². The van der Waals surface area contributed by atoms with E-state index in [1.165, 1.54) is 0 Å². The van der Waals surface area contributed by atoms with Crippen molar-refractivity contribution in [2.45, 2.75) is 13.0 Å². The molecule has 0 N–H and O–H groups in total. The zero-order valence-corrected chi connectivity index (χ0v) is 9.88. The topological polar surface area (TPSA) is 57.7 Å². The van der Waals surface area contributed by atoms with E-state index in [4.69, 9.17) is 4.74 Å². The molecule has 106 valence electrons. The number of ether oxygens (including phenoxy) is 3. The van der Waals surface area contributed by atoms with E-state index in [0.717, 1.165) is 20.3 Å². The SMILES string of the molecule is COC(=O)c1cc(OC)c(CF)c(OC(F)(F)F)n1. The van der Waals surface area contributed by atoms with Gasteiger partial charge in [-0.25, -0.2) is 14.2 Å². The first-order chi connectivity index (χ1) is 8.82. The summed E-state index contributed by atoms with van der Waals surface area (Å²) in [7, 11) is 2.12. The minimum absolute atomic E-state index is 0.294. The number of alkyl halides is 4. The summed E-state index contributed by atoms with van der Waals surface area (Å²) >= 11 is 0. The highest BCUT2D eigenvalue weighted by Gasteiger charge is 2.34. The maximum atomic E-state index is 12.7. The van der Waals surface area contributed by atoms with E-state index in [9.17, 15) is 22.4 Å². The highest BCUT2D eigenvalue weighted by molar-refractivity contribution is 5.88. The van der Waals surface area contributed by atoms with Crippen LogP contribution >= 0.6 is 0 Å². The number of pyridine rings is 1. The van der Waals surface area contributed by atoms with Crippen molar-refractivity contribution in [3.63, 3.8) is 0 Å². The number of aromatic nitrogens is 1. The second-order valence-corrected chi connectivity index (χ2v) is 3.17. The third kappa shape index (κ3) is 3.70. The monoisotopic (exact) mass is 283 g/mol. The molecule has 1 heterocycles. The van der Waals surface area contributed by atoms with E-state index in [0.29, 0.717) is 0 Å². The summed E-state index contributed by atoms with van der Waals surface area (Å²) in [4.78, 5) is 14.5. The number of rotatable bonds is 4. The zero-order chi connectivity index (χ0) is 14.6. The van der Waals surface area contributed by atoms with E-state index in [1.54, 1.807) is 0 Å². The zero-order valence-electron chi connectivity index (χ0n) is 9.88. The van der Waals surface area contributed by atoms with E-state index in [1.807, 2.05) is 0 Å². The number of nitrogens with zero attached hydrogens (tertiary/aromatic N) is 1. The van der Waals surface area contributed by atoms with Crippen molar-refractivity contribution in [3.05, 3.63) is 17.3 Å². The molecule has 0 fully saturated rings. The van der Waals surface area contributed by atoms with Gasteiger partial charge >= 0.3 is 12.3 Å². The number of hydrogen-bond acceptors (Lipinski definition) is 5. The predicted molar refractivity (Wildman–Crippen MR) is 53.6 cm³/mol. The Labute approximate surface area is 105 Å². The van der Waals surface area contributed by atoms with Gasteiger partial charge in [0.15, 0.2) is 5.69 Å². The number of esters is 1. The van der Waals surface area contributed by atoms with Crippen LogP contribution in [0.25, 0.3) is 0 Å². The third-order valence-electron chi connectivity index (χ3n) is 2.01. The summed E-state index contributed by atoms with van der Waals surface area (Å²) in [5.41, 5.74) is -1.04. The van der Waals surface area contributed by atoms with Crippen molar-refractivity contribution < 1.29 is 36.6 Å². The van der Waals surface area contributed by atoms with Crippen molar-refractivity contribution in [1.82, 2.24) is 4.98 Å². The number of halogens is 4. The summed E-state index contributed by atoms with van der Waals surface area (Å²) in [5, 5.41) is 0. The lowest BCUT2D eigenvalue weighted by Gasteiger charge is -2.14. The molecule has 0 aliphatic heterocycles. The molecular weight excluding hydrogens is 274 g/mol. The van der Waals surface area contributed by atoms with Gasteiger partial charge < -0.3 is 14.2 Å². The lowest BCUT2D eigenvalue weighted by atomic mass is 10.2. The maximum Gasteiger partial charge on any atom is 0.574 e. The molecule has 1 rings (SSSR count). The molecule has 1 aromatic heterocycles. The summed E-state index contributed by atoms with van der Waals surface area (Å²) < 4.78 is 61.8. The number of carbonyl (C=O) groups excluding carboxylic acids is 1. The number of hydrogen-bond donors (Lipinski definition) is 0. The Morgan fingerprint density at radius 1 is 1.37 bits per heavy atom. The van der Waals surface area contributed by atoms with E-state index < -0.39 is 36.1 Å². The molecule has 0 aromatic carbocycles. The van der Waals surface area contributed by atoms with Crippen LogP contribution in [0.4, 0.5) is 17.6 Å². The molecule has 0 amide bonds. The van der Waals surface area contributed by atoms with Crippen LogP contribution in [0.5, 0.6) is 11.6 Å². The molecular formula is C10H9F4NO4. The summed E-state index contributed by atoms with van der Waals surface area (Å²) in [6, 6.07) is 0.962. The van der Waals surface area contributed by atoms with Gasteiger partial charge in [0.2, 0.25) is 5.88 Å². The molecule has 0 aliphatic carbocycles. The minimum atomic E-state index is -5.07. The smallest absolute Gasteiger partial charge is 0.496 e. The molecule has 0 unspecified atom stereocenters. The second-order valence-electron chi connectivity index (χ2n) is 3.17. The average molecular weight is 283 g/mol. The minimum Gasteiger partial charge on any atom is -0.496 e. The summed E-state index contributed by atoms with van der Waals surface area (Å²) in [6.07, 6.45) is -5.07. The van der Waals surface area contributed by atoms with Crippen LogP contribution in [-0.4, -0.2) is 31.5 Å². The highest BCUT2D eigenvalue weighted by atomic mass is 19.4. The van der Waals surface area contributed by atoms with E-state index in [-0.39, 0.29) is 5.75 Å². The Morgan fingerprint density at radius 2 is 2.00 bits per heavy atom. The van der Waals surface area contributed by atoms with Crippen molar-refractivity contribution >= 4 is 5.97 Å². The highest BCUT2D eigenvalue weighted by Crippen LogP contribution is 2.32. The number of carbonyl (C=O) groups is 1. The van der Waals surface area contributed by atoms with Gasteiger partial charge in [0.05, 0.1) is 19.8 Å². The van der Waals surface area contributed by atoms with Gasteiger partial charge in [-0.2, -0.15) is 0 Å². The first-order valence-corrected chi connectivity index (χ1v) is 4.80. The van der Waals surface area contributed by atoms with Crippen LogP contribution in [0.3, 0.4) is 0 Å². The Kier molecular flexibility index (Phi) is 4.52. The van der Waals surface area contributed by atoms with Gasteiger partial charge in [-0.15, -0.1) is 13.2 Å². The molecule has 0 aliphatic rings. The molecule has 0 saturated carbocycles. The fourth-order valence-corrected chi connectivity index (χ4v) is 1.23. The maximum absolute atomic E-state index is 12.7. The molecule has 0 saturated heterocycles. The number of methoxy groups -OCH3 is 2. The van der Waals surface area contributed by atoms with Crippen molar-refractivity contribution in [1.29, 1.82) is 0 Å². The van der Waals surface area contributed by atoms with Crippen LogP contribution in [-0.2, 0) is 11.4 Å². The van der Waals surface area contributed by atoms with Crippen molar-refractivity contribution in [2.24, 2.45) is 0 Å². The van der Waals surface area contributed by atoms with Gasteiger partial charge in [0.1, 0.15) is 12.4 Å². The molecule has 1 aromatic rings. The lowest BCUT2D eigenvalue weighted by Crippen LogP contribution is -2.20. The fourth-order valence-electron chi connectivity index (χ4n) is 1.23. The second kappa shape index (κ2) is 5.72. The van der Waals surface area contributed by atoms with Crippen LogP contribution in [0.1, 0.15) is 16.1 Å². The largest absolute Gasteiger partial charge is 0.574 e. The normalized spacial score (nSPS) is 11.1. The van der Waals surface area contributed by atoms with Crippen molar-refractivity contribution in [2.75, 3.05) is 14.2 Å². The molecule has 0 atom stereocenters. The predicted octanol–water partition coefficient (Wildman–Crippen LogP) is 2.24. The van der Waals surface area contributed by atoms with Gasteiger partial charge in [-0.3, -0.25) is 0 Å². The van der Waals surface area contributed by atoms with E-state index >= 15 is 0 Å². The van der Waals surface area contributed by atoms with Crippen molar-refractivity contribution in [3.8, 4) is 11.6 Å². The van der Waals surface area contributed by atoms with Crippen LogP contribution in [0.15, 0.2) is 6.07 Å². The Bertz CT molecular complexity index is 475. The lowest BCUT2D eigenvalue weighted by molar-refractivity contribution is -0.276. The molecule has 9 heteroatoms. The first-order valence-electron chi connectivity index (χ1n) is 4.80. The Hall–Kier alpha value is -2.06. The Morgan fingerprint density at radius 3 is 2.42 bits per heavy atom. The molecule has 0 bridgehead atoms. The van der Waals surface area contributed by atoms with E-state index in [2.05, 4.69) is 14.5 Å². The third-order valence-corrected chi connectivity index (χ3v) is 2.01. The van der Waals surface area contributed by atoms with Crippen LogP contribution in [0.2, 0.25) is 0 Å². The summed E-state index contributed by atoms with van der Waals surface area (Å²) in [6.45, 7) is -1.30. The molecule has 0 spiro atoms. The molecule has 19 heavy (non-hydrogen) atoms. The van der Waals surface area contributed by atoms with Gasteiger partial charge in [0.25, 0.3) is 0 Å². The Balaban J connectivity index is 3.35. The van der Waals surface area contributed by atoms with Crippen LogP contribution < -0.4 is 9.47 Å². The van der Waals surface area contributed by atoms with Gasteiger partial charge in [0, 0.05) is 6.07 Å². The average Bonchev–Trinajstić information content (AvgIpc) is 2.34. The summed E-state index contributed by atoms with van der Waals surface area (Å²) in [5.74, 6) is -2.39. The quantitative estimate of drug-likeness (QED) is 0.626.